The quantitative estimate of drug-likeness (QED) is 0.536. The minimum Gasteiger partial charge on any atom is -0.406 e. The fourth-order valence-electron chi connectivity index (χ4n) is 2.34. The molecule has 0 saturated carbocycles. The number of rotatable bonds is 2. The van der Waals surface area contributed by atoms with Gasteiger partial charge in [0.1, 0.15) is 11.4 Å². The average Bonchev–Trinajstić information content (AvgIpc) is 2.85. The summed E-state index contributed by atoms with van der Waals surface area (Å²) in [6.45, 7) is 4.25. The van der Waals surface area contributed by atoms with Crippen LogP contribution in [0.25, 0.3) is 22.2 Å². The van der Waals surface area contributed by atoms with Gasteiger partial charge >= 0.3 is 6.36 Å². The zero-order valence-electron chi connectivity index (χ0n) is 14.1. The second kappa shape index (κ2) is 7.78. The third-order valence-corrected chi connectivity index (χ3v) is 3.50. The van der Waals surface area contributed by atoms with Gasteiger partial charge in [-0.3, -0.25) is 0 Å². The first kappa shape index (κ1) is 19.1. The van der Waals surface area contributed by atoms with E-state index in [2.05, 4.69) is 23.6 Å². The van der Waals surface area contributed by atoms with Crippen molar-refractivity contribution in [3.05, 3.63) is 47.7 Å². The fourth-order valence-corrected chi connectivity index (χ4v) is 2.59. The van der Waals surface area contributed by atoms with E-state index in [1.165, 1.54) is 24.6 Å². The number of aryl methyl sites for hydroxylation is 1. The monoisotopic (exact) mass is 370 g/mol. The predicted octanol–water partition coefficient (Wildman–Crippen LogP) is 6.21. The van der Waals surface area contributed by atoms with Crippen LogP contribution in [0.1, 0.15) is 20.3 Å². The molecular weight excluding hydrogens is 353 g/mol. The summed E-state index contributed by atoms with van der Waals surface area (Å²) in [4.78, 5) is 4.24. The van der Waals surface area contributed by atoms with Crippen molar-refractivity contribution in [1.29, 1.82) is 0 Å². The van der Waals surface area contributed by atoms with E-state index in [0.29, 0.717) is 27.2 Å². The number of halogens is 4. The maximum absolute atomic E-state index is 12.3. The van der Waals surface area contributed by atoms with Crippen LogP contribution in [0, 0.1) is 0 Å². The van der Waals surface area contributed by atoms with Crippen LogP contribution in [0.15, 0.2) is 42.7 Å². The van der Waals surface area contributed by atoms with Crippen molar-refractivity contribution < 1.29 is 17.9 Å². The second-order valence-electron chi connectivity index (χ2n) is 5.43. The highest BCUT2D eigenvalue weighted by Gasteiger charge is 2.31. The van der Waals surface area contributed by atoms with Crippen LogP contribution in [0.2, 0.25) is 5.02 Å². The third-order valence-electron chi connectivity index (χ3n) is 3.18. The lowest BCUT2D eigenvalue weighted by Crippen LogP contribution is -2.17. The molecule has 0 radical (unpaired) electrons. The number of nitrogens with zero attached hydrogens (tertiary/aromatic N) is 2. The van der Waals surface area contributed by atoms with Crippen LogP contribution in [0.4, 0.5) is 13.2 Å². The second-order valence-corrected chi connectivity index (χ2v) is 5.84. The number of hydrogen-bond acceptors (Lipinski definition) is 2. The maximum atomic E-state index is 12.3. The first-order chi connectivity index (χ1) is 11.8. The Balaban J connectivity index is 0.000000701. The normalized spacial score (nSPS) is 11.2. The molecular formula is C18H18ClF3N2O. The summed E-state index contributed by atoms with van der Waals surface area (Å²) >= 11 is 6.21. The zero-order valence-corrected chi connectivity index (χ0v) is 14.8. The molecule has 0 saturated heterocycles. The Morgan fingerprint density at radius 3 is 2.52 bits per heavy atom. The summed E-state index contributed by atoms with van der Waals surface area (Å²) in [7, 11) is 1.80. The Bertz CT molecular complexity index is 859. The van der Waals surface area contributed by atoms with Crippen LogP contribution in [0.5, 0.6) is 5.75 Å². The van der Waals surface area contributed by atoms with E-state index < -0.39 is 6.36 Å². The Morgan fingerprint density at radius 1 is 1.20 bits per heavy atom. The number of benzene rings is 1. The molecule has 0 amide bonds. The fraction of sp³-hybridized carbons (Fsp3) is 0.278. The van der Waals surface area contributed by atoms with Crippen molar-refractivity contribution in [2.45, 2.75) is 26.6 Å². The van der Waals surface area contributed by atoms with E-state index in [1.54, 1.807) is 36.1 Å². The molecule has 0 aliphatic carbocycles. The molecule has 3 nitrogen and oxygen atoms in total. The predicted molar refractivity (Wildman–Crippen MR) is 93.8 cm³/mol. The highest BCUT2D eigenvalue weighted by Crippen LogP contribution is 2.36. The van der Waals surface area contributed by atoms with Crippen LogP contribution in [0.3, 0.4) is 0 Å². The number of alkyl halides is 3. The number of ether oxygens (including phenoxy) is 1. The van der Waals surface area contributed by atoms with E-state index in [-0.39, 0.29) is 5.75 Å². The smallest absolute Gasteiger partial charge is 0.406 e. The van der Waals surface area contributed by atoms with Crippen LogP contribution in [-0.4, -0.2) is 15.9 Å². The van der Waals surface area contributed by atoms with Gasteiger partial charge in [0.05, 0.1) is 5.02 Å². The van der Waals surface area contributed by atoms with Gasteiger partial charge in [0, 0.05) is 30.4 Å². The summed E-state index contributed by atoms with van der Waals surface area (Å²) < 4.78 is 42.7. The first-order valence-corrected chi connectivity index (χ1v) is 8.10. The van der Waals surface area contributed by atoms with E-state index in [1.807, 2.05) is 0 Å². The van der Waals surface area contributed by atoms with Gasteiger partial charge < -0.3 is 9.30 Å². The molecule has 0 unspecified atom stereocenters. The number of pyridine rings is 1. The molecule has 2 aromatic heterocycles. The average molecular weight is 371 g/mol. The van der Waals surface area contributed by atoms with Crippen molar-refractivity contribution in [2.75, 3.05) is 0 Å². The van der Waals surface area contributed by atoms with Crippen molar-refractivity contribution in [1.82, 2.24) is 9.55 Å². The molecule has 2 heterocycles. The lowest BCUT2D eigenvalue weighted by Gasteiger charge is -2.10. The summed E-state index contributed by atoms with van der Waals surface area (Å²) in [5.41, 5.74) is 1.93. The Kier molecular flexibility index (Phi) is 5.95. The Morgan fingerprint density at radius 2 is 1.88 bits per heavy atom. The molecule has 3 rings (SSSR count). The standard InChI is InChI=1S/C15H10ClF3N2O.C3H8/c1-21-8-11(13-12(16)5-6-20-14(13)21)9-3-2-4-10(7-9)22-15(17,18)19;1-3-2/h2-8H,1H3;3H2,1-2H3. The Labute approximate surface area is 149 Å². The zero-order chi connectivity index (χ0) is 18.6. The Hall–Kier alpha value is -2.21. The molecule has 1 aromatic carbocycles. The van der Waals surface area contributed by atoms with Gasteiger partial charge in [0.25, 0.3) is 0 Å². The molecule has 0 aliphatic rings. The molecule has 7 heteroatoms. The largest absolute Gasteiger partial charge is 0.573 e. The van der Waals surface area contributed by atoms with Gasteiger partial charge in [-0.15, -0.1) is 13.2 Å². The highest BCUT2D eigenvalue weighted by atomic mass is 35.5. The van der Waals surface area contributed by atoms with Gasteiger partial charge in [-0.1, -0.05) is 44.0 Å². The molecule has 0 bridgehead atoms. The van der Waals surface area contributed by atoms with E-state index in [0.717, 1.165) is 0 Å². The maximum Gasteiger partial charge on any atom is 0.573 e. The van der Waals surface area contributed by atoms with Crippen LogP contribution < -0.4 is 4.74 Å². The van der Waals surface area contributed by atoms with Gasteiger partial charge in [-0.2, -0.15) is 0 Å². The summed E-state index contributed by atoms with van der Waals surface area (Å²) in [6.07, 6.45) is -0.121. The minimum atomic E-state index is -4.73. The summed E-state index contributed by atoms with van der Waals surface area (Å²) in [6, 6.07) is 7.41. The summed E-state index contributed by atoms with van der Waals surface area (Å²) in [5, 5.41) is 1.18. The van der Waals surface area contributed by atoms with E-state index >= 15 is 0 Å². The van der Waals surface area contributed by atoms with Crippen LogP contribution >= 0.6 is 11.6 Å². The van der Waals surface area contributed by atoms with Gasteiger partial charge in [0.2, 0.25) is 0 Å². The van der Waals surface area contributed by atoms with Crippen molar-refractivity contribution in [3.63, 3.8) is 0 Å². The topological polar surface area (TPSA) is 27.1 Å². The molecule has 0 fully saturated rings. The molecule has 0 N–H and O–H groups in total. The number of fused-ring (bicyclic) bond motifs is 1. The highest BCUT2D eigenvalue weighted by molar-refractivity contribution is 6.36. The van der Waals surface area contributed by atoms with E-state index in [4.69, 9.17) is 11.6 Å². The summed E-state index contributed by atoms with van der Waals surface area (Å²) in [5.74, 6) is -0.276. The van der Waals surface area contributed by atoms with Gasteiger partial charge in [-0.25, -0.2) is 4.98 Å². The van der Waals surface area contributed by atoms with Crippen LogP contribution in [-0.2, 0) is 7.05 Å². The lowest BCUT2D eigenvalue weighted by atomic mass is 10.1. The number of aromatic nitrogens is 2. The molecule has 0 spiro atoms. The van der Waals surface area contributed by atoms with Crippen molar-refractivity contribution in [2.24, 2.45) is 7.05 Å². The lowest BCUT2D eigenvalue weighted by molar-refractivity contribution is -0.274. The first-order valence-electron chi connectivity index (χ1n) is 7.72. The third kappa shape index (κ3) is 4.66. The van der Waals surface area contributed by atoms with E-state index in [9.17, 15) is 13.2 Å². The molecule has 3 aromatic rings. The van der Waals surface area contributed by atoms with Gasteiger partial charge in [-0.05, 0) is 23.8 Å². The molecule has 0 aliphatic heterocycles. The van der Waals surface area contributed by atoms with Crippen molar-refractivity contribution >= 4 is 22.6 Å². The molecule has 0 atom stereocenters. The van der Waals surface area contributed by atoms with Gasteiger partial charge in [0.15, 0.2) is 0 Å². The SMILES string of the molecule is CCC.Cn1cc(-c2cccc(OC(F)(F)F)c2)c2c(Cl)ccnc21. The molecule has 134 valence electrons. The molecule has 25 heavy (non-hydrogen) atoms. The number of hydrogen-bond donors (Lipinski definition) is 0. The van der Waals surface area contributed by atoms with Crippen molar-refractivity contribution in [3.8, 4) is 16.9 Å². The minimum absolute atomic E-state index is 0.276.